The second-order valence-corrected chi connectivity index (χ2v) is 10.7. The Bertz CT molecular complexity index is 1470. The highest BCUT2D eigenvalue weighted by atomic mass is 16.5. The summed E-state index contributed by atoms with van der Waals surface area (Å²) in [6.07, 6.45) is -0.0211. The lowest BCUT2D eigenvalue weighted by Crippen LogP contribution is -2.29. The highest BCUT2D eigenvalue weighted by Crippen LogP contribution is 2.43. The summed E-state index contributed by atoms with van der Waals surface area (Å²) in [5.74, 6) is -0.524. The third kappa shape index (κ3) is 5.37. The van der Waals surface area contributed by atoms with Crippen LogP contribution in [0.2, 0.25) is 0 Å². The summed E-state index contributed by atoms with van der Waals surface area (Å²) in [5.41, 5.74) is 2.42. The van der Waals surface area contributed by atoms with Gasteiger partial charge in [0.05, 0.1) is 36.5 Å². The standard InChI is InChI=1S/C32H32N2O5/c1-19(2)39-24-14-9-21(10-15-24)28-27(29(35)22-11-16-26(38-6)25(17-22)32(3,4)5)30(36)31(37)34(28)23-12-7-20(18-33)8-13-23/h7-17,19,28,35H,1-6H3/b29-27-. The number of anilines is 1. The Hall–Kier alpha value is -4.57. The molecule has 39 heavy (non-hydrogen) atoms. The number of carbonyl (C=O) groups is 2. The maximum atomic E-state index is 13.5. The molecule has 0 saturated carbocycles. The molecule has 0 aliphatic carbocycles. The van der Waals surface area contributed by atoms with E-state index in [1.807, 2.05) is 34.6 Å². The number of methoxy groups -OCH3 is 1. The third-order valence-electron chi connectivity index (χ3n) is 6.57. The van der Waals surface area contributed by atoms with E-state index < -0.39 is 17.7 Å². The van der Waals surface area contributed by atoms with E-state index in [0.717, 1.165) is 5.56 Å². The molecule has 1 saturated heterocycles. The average molecular weight is 525 g/mol. The van der Waals surface area contributed by atoms with Crippen molar-refractivity contribution < 1.29 is 24.2 Å². The highest BCUT2D eigenvalue weighted by molar-refractivity contribution is 6.51. The highest BCUT2D eigenvalue weighted by Gasteiger charge is 2.47. The fourth-order valence-corrected chi connectivity index (χ4v) is 4.71. The molecule has 1 atom stereocenters. The van der Waals surface area contributed by atoms with E-state index in [4.69, 9.17) is 9.47 Å². The molecule has 0 aromatic heterocycles. The normalized spacial score (nSPS) is 16.9. The van der Waals surface area contributed by atoms with Crippen molar-refractivity contribution in [3.05, 3.63) is 94.6 Å². The molecule has 3 aromatic rings. The van der Waals surface area contributed by atoms with E-state index >= 15 is 0 Å². The number of rotatable bonds is 6. The molecule has 1 aliphatic rings. The lowest BCUT2D eigenvalue weighted by atomic mass is 9.84. The molecule has 1 amide bonds. The topological polar surface area (TPSA) is 99.9 Å². The Kier molecular flexibility index (Phi) is 7.51. The summed E-state index contributed by atoms with van der Waals surface area (Å²) in [5, 5.41) is 20.8. The molecule has 7 heteroatoms. The van der Waals surface area contributed by atoms with Gasteiger partial charge in [-0.25, -0.2) is 0 Å². The summed E-state index contributed by atoms with van der Waals surface area (Å²) >= 11 is 0. The molecule has 0 spiro atoms. The molecule has 1 heterocycles. The minimum Gasteiger partial charge on any atom is -0.507 e. The number of hydrogen-bond acceptors (Lipinski definition) is 6. The van der Waals surface area contributed by atoms with Gasteiger partial charge in [-0.05, 0) is 79.4 Å². The van der Waals surface area contributed by atoms with Crippen molar-refractivity contribution >= 4 is 23.1 Å². The summed E-state index contributed by atoms with van der Waals surface area (Å²) in [7, 11) is 1.58. The Morgan fingerprint density at radius 1 is 1.00 bits per heavy atom. The smallest absolute Gasteiger partial charge is 0.300 e. The zero-order chi connectivity index (χ0) is 28.5. The number of Topliss-reactive ketones (excluding diaryl/α,β-unsaturated/α-hetero) is 1. The van der Waals surface area contributed by atoms with E-state index in [2.05, 4.69) is 6.07 Å². The van der Waals surface area contributed by atoms with Crippen LogP contribution in [0.1, 0.15) is 62.9 Å². The van der Waals surface area contributed by atoms with E-state index in [0.29, 0.717) is 33.9 Å². The Labute approximate surface area is 228 Å². The number of aliphatic hydroxyl groups excluding tert-OH is 1. The van der Waals surface area contributed by atoms with E-state index in [1.54, 1.807) is 73.8 Å². The SMILES string of the molecule is COc1ccc(/C(O)=C2/C(=O)C(=O)N(c3ccc(C#N)cc3)C2c2ccc(OC(C)C)cc2)cc1C(C)(C)C. The molecule has 4 rings (SSSR count). The maximum absolute atomic E-state index is 13.5. The van der Waals surface area contributed by atoms with Crippen molar-refractivity contribution in [1.29, 1.82) is 5.26 Å². The van der Waals surface area contributed by atoms with Crippen LogP contribution in [-0.2, 0) is 15.0 Å². The molecular weight excluding hydrogens is 492 g/mol. The lowest BCUT2D eigenvalue weighted by molar-refractivity contribution is -0.132. The van der Waals surface area contributed by atoms with Gasteiger partial charge in [0, 0.05) is 16.8 Å². The first-order chi connectivity index (χ1) is 18.5. The molecule has 0 bridgehead atoms. The number of aliphatic hydroxyl groups is 1. The molecule has 1 fully saturated rings. The zero-order valence-corrected chi connectivity index (χ0v) is 23.0. The van der Waals surface area contributed by atoms with Crippen LogP contribution in [0.5, 0.6) is 11.5 Å². The van der Waals surface area contributed by atoms with Gasteiger partial charge in [-0.3, -0.25) is 14.5 Å². The van der Waals surface area contributed by atoms with E-state index in [-0.39, 0.29) is 22.9 Å². The number of ether oxygens (including phenoxy) is 2. The van der Waals surface area contributed by atoms with Gasteiger partial charge in [-0.1, -0.05) is 32.9 Å². The fourth-order valence-electron chi connectivity index (χ4n) is 4.71. The molecule has 1 aliphatic heterocycles. The van der Waals surface area contributed by atoms with Crippen molar-refractivity contribution in [2.75, 3.05) is 12.0 Å². The molecule has 7 nitrogen and oxygen atoms in total. The number of nitriles is 1. The van der Waals surface area contributed by atoms with Crippen molar-refractivity contribution in [1.82, 2.24) is 0 Å². The van der Waals surface area contributed by atoms with Crippen LogP contribution in [0.4, 0.5) is 5.69 Å². The largest absolute Gasteiger partial charge is 0.507 e. The van der Waals surface area contributed by atoms with Gasteiger partial charge < -0.3 is 14.6 Å². The van der Waals surface area contributed by atoms with Crippen LogP contribution >= 0.6 is 0 Å². The van der Waals surface area contributed by atoms with Gasteiger partial charge in [0.1, 0.15) is 17.3 Å². The molecule has 1 unspecified atom stereocenters. The second-order valence-electron chi connectivity index (χ2n) is 10.7. The van der Waals surface area contributed by atoms with Crippen LogP contribution < -0.4 is 14.4 Å². The van der Waals surface area contributed by atoms with Gasteiger partial charge in [-0.15, -0.1) is 0 Å². The van der Waals surface area contributed by atoms with Gasteiger partial charge in [-0.2, -0.15) is 5.26 Å². The monoisotopic (exact) mass is 524 g/mol. The first-order valence-electron chi connectivity index (χ1n) is 12.7. The predicted octanol–water partition coefficient (Wildman–Crippen LogP) is 6.28. The number of nitrogens with zero attached hydrogens (tertiary/aromatic N) is 2. The molecule has 200 valence electrons. The minimum atomic E-state index is -0.897. The van der Waals surface area contributed by atoms with Gasteiger partial charge >= 0.3 is 0 Å². The summed E-state index contributed by atoms with van der Waals surface area (Å²) in [4.78, 5) is 28.3. The van der Waals surface area contributed by atoms with Gasteiger partial charge in [0.25, 0.3) is 11.7 Å². The number of amides is 1. The molecule has 1 N–H and O–H groups in total. The van der Waals surface area contributed by atoms with Crippen molar-refractivity contribution in [2.45, 2.75) is 52.2 Å². The Morgan fingerprint density at radius 3 is 2.18 bits per heavy atom. The van der Waals surface area contributed by atoms with Crippen molar-refractivity contribution in [2.24, 2.45) is 0 Å². The summed E-state index contributed by atoms with van der Waals surface area (Å²) < 4.78 is 11.3. The lowest BCUT2D eigenvalue weighted by Gasteiger charge is -2.26. The minimum absolute atomic E-state index is 0.0211. The Morgan fingerprint density at radius 2 is 1.64 bits per heavy atom. The Balaban J connectivity index is 1.92. The second kappa shape index (κ2) is 10.7. The maximum Gasteiger partial charge on any atom is 0.300 e. The van der Waals surface area contributed by atoms with E-state index in [1.165, 1.54) is 4.90 Å². The third-order valence-corrected chi connectivity index (χ3v) is 6.57. The first kappa shape index (κ1) is 27.5. The van der Waals surface area contributed by atoms with E-state index in [9.17, 15) is 20.0 Å². The van der Waals surface area contributed by atoms with Crippen molar-refractivity contribution in [3.63, 3.8) is 0 Å². The number of carbonyl (C=O) groups excluding carboxylic acids is 2. The molecule has 3 aromatic carbocycles. The van der Waals surface area contributed by atoms with Crippen LogP contribution in [0, 0.1) is 11.3 Å². The fraction of sp³-hybridized carbons (Fsp3) is 0.281. The predicted molar refractivity (Wildman–Crippen MR) is 150 cm³/mol. The quantitative estimate of drug-likeness (QED) is 0.231. The summed E-state index contributed by atoms with van der Waals surface area (Å²) in [6.45, 7) is 9.93. The van der Waals surface area contributed by atoms with Gasteiger partial charge in [0.2, 0.25) is 0 Å². The first-order valence-corrected chi connectivity index (χ1v) is 12.7. The molecular formula is C32H32N2O5. The van der Waals surface area contributed by atoms with Crippen molar-refractivity contribution in [3.8, 4) is 17.6 Å². The van der Waals surface area contributed by atoms with Crippen LogP contribution in [0.15, 0.2) is 72.3 Å². The van der Waals surface area contributed by atoms with Crippen LogP contribution in [0.25, 0.3) is 5.76 Å². The number of ketones is 1. The zero-order valence-electron chi connectivity index (χ0n) is 23.0. The van der Waals surface area contributed by atoms with Gasteiger partial charge in [0.15, 0.2) is 0 Å². The van der Waals surface area contributed by atoms with Crippen LogP contribution in [0.3, 0.4) is 0 Å². The average Bonchev–Trinajstić information content (AvgIpc) is 3.17. The molecule has 0 radical (unpaired) electrons. The van der Waals surface area contributed by atoms with Crippen LogP contribution in [-0.4, -0.2) is 30.0 Å². The summed E-state index contributed by atoms with van der Waals surface area (Å²) in [6, 6.07) is 19.9. The number of benzene rings is 3. The number of hydrogen-bond donors (Lipinski definition) is 1.